The van der Waals surface area contributed by atoms with Crippen LogP contribution in [0.1, 0.15) is 24.2 Å². The summed E-state index contributed by atoms with van der Waals surface area (Å²) in [5, 5.41) is 3.83. The van der Waals surface area contributed by atoms with Crippen LogP contribution in [0.15, 0.2) is 127 Å². The molecular formula is C30H29BrNO2P. The number of nitrogens with one attached hydrogen (secondary N) is 1. The number of rotatable bonds is 8. The number of allylic oxidation sites excluding steroid dienone is 1. The van der Waals surface area contributed by atoms with Crippen molar-refractivity contribution in [2.45, 2.75) is 13.8 Å². The number of hydrogen-bond donors (Lipinski definition) is 1. The first-order valence-electron chi connectivity index (χ1n) is 11.6. The minimum absolute atomic E-state index is 0.329. The van der Waals surface area contributed by atoms with Crippen LogP contribution in [-0.4, -0.2) is 12.6 Å². The van der Waals surface area contributed by atoms with Crippen LogP contribution in [-0.2, 0) is 4.74 Å². The predicted octanol–water partition coefficient (Wildman–Crippen LogP) is 6.98. The Kier molecular flexibility index (Phi) is 7.54. The molecule has 5 heteroatoms. The van der Waals surface area contributed by atoms with Gasteiger partial charge in [-0.1, -0.05) is 0 Å². The molecule has 0 unspecified atom stereocenters. The normalized spacial score (nSPS) is 12.9. The van der Waals surface area contributed by atoms with Gasteiger partial charge in [0.15, 0.2) is 0 Å². The predicted molar refractivity (Wildman–Crippen MR) is 154 cm³/mol. The monoisotopic (exact) mass is 545 g/mol. The van der Waals surface area contributed by atoms with Crippen molar-refractivity contribution in [3.63, 3.8) is 0 Å². The average molecular weight is 546 g/mol. The number of carbonyl (C=O) groups is 1. The van der Waals surface area contributed by atoms with Gasteiger partial charge in [-0.3, -0.25) is 0 Å². The second-order valence-corrected chi connectivity index (χ2v) is 16.7. The molecule has 3 nitrogen and oxygen atoms in total. The van der Waals surface area contributed by atoms with E-state index in [1.165, 1.54) is 15.9 Å². The summed E-state index contributed by atoms with van der Waals surface area (Å²) < 4.78 is 5.28. The summed E-state index contributed by atoms with van der Waals surface area (Å²) in [6.07, 6.45) is 0. The molecule has 0 aromatic heterocycles. The number of halogens is 1. The molecule has 1 N–H and O–H groups in total. The van der Waals surface area contributed by atoms with Crippen LogP contribution < -0.4 is 21.2 Å². The number of carbonyl (C=O) groups excluding carboxylic acids is 1. The van der Waals surface area contributed by atoms with Crippen molar-refractivity contribution in [1.29, 1.82) is 0 Å². The summed E-state index contributed by atoms with van der Waals surface area (Å²) in [4.78, 5) is 12.6. The maximum atomic E-state index is 12.6. The van der Waals surface area contributed by atoms with Gasteiger partial charge in [-0.05, 0) is 0 Å². The van der Waals surface area contributed by atoms with Gasteiger partial charge >= 0.3 is 216 Å². The molecule has 0 saturated heterocycles. The molecular weight excluding hydrogens is 517 g/mol. The van der Waals surface area contributed by atoms with E-state index >= 15 is 0 Å². The maximum absolute atomic E-state index is 12.6. The molecule has 35 heavy (non-hydrogen) atoms. The van der Waals surface area contributed by atoms with Crippen LogP contribution in [0, 0.1) is 0 Å². The van der Waals surface area contributed by atoms with Crippen LogP contribution >= 0.6 is 20.8 Å². The molecule has 4 aromatic carbocycles. The summed E-state index contributed by atoms with van der Waals surface area (Å²) in [5.41, 5.74) is 2.15. The van der Waals surface area contributed by atoms with Crippen molar-refractivity contribution in [3.05, 3.63) is 132 Å². The fourth-order valence-corrected chi connectivity index (χ4v) is 11.9. The zero-order chi connectivity index (χ0) is 24.8. The summed E-state index contributed by atoms with van der Waals surface area (Å²) in [7, 11) is 0. The van der Waals surface area contributed by atoms with Crippen molar-refractivity contribution in [2.24, 2.45) is 0 Å². The van der Waals surface area contributed by atoms with Gasteiger partial charge in [0.05, 0.1) is 0 Å². The molecule has 0 spiro atoms. The van der Waals surface area contributed by atoms with Crippen molar-refractivity contribution in [3.8, 4) is 0 Å². The van der Waals surface area contributed by atoms with Crippen LogP contribution in [0.3, 0.4) is 0 Å². The fraction of sp³-hybridized carbons (Fsp3) is 0.100. The summed E-state index contributed by atoms with van der Waals surface area (Å²) in [6.45, 7) is 4.18. The van der Waals surface area contributed by atoms with E-state index in [0.29, 0.717) is 17.9 Å². The van der Waals surface area contributed by atoms with E-state index in [9.17, 15) is 4.79 Å². The molecule has 0 amide bonds. The van der Waals surface area contributed by atoms with Crippen molar-refractivity contribution in [1.82, 2.24) is 0 Å². The first kappa shape index (κ1) is 24.9. The van der Waals surface area contributed by atoms with E-state index in [4.69, 9.17) is 4.74 Å². The third-order valence-corrected chi connectivity index (χ3v) is 15.1. The first-order valence-corrected chi connectivity index (χ1v) is 15.9. The van der Waals surface area contributed by atoms with E-state index in [1.807, 2.05) is 50.2 Å². The number of hydrogen-bond acceptors (Lipinski definition) is 3. The Morgan fingerprint density at radius 1 is 0.771 bits per heavy atom. The Morgan fingerprint density at radius 3 is 1.66 bits per heavy atom. The molecule has 0 aliphatic rings. The second kappa shape index (κ2) is 10.6. The van der Waals surface area contributed by atoms with Gasteiger partial charge in [-0.2, -0.15) is 0 Å². The summed E-state index contributed by atoms with van der Waals surface area (Å²) in [5.74, 6) is 1.97. The third kappa shape index (κ3) is 4.82. The number of esters is 1. The second-order valence-electron chi connectivity index (χ2n) is 8.28. The van der Waals surface area contributed by atoms with Crippen molar-refractivity contribution < 1.29 is 9.53 Å². The SMILES string of the molecule is CCOC(=O)c1ccccc1N/C(C)=C/P(Br)(c1ccccc1)(c1ccccc1)c1ccccc1. The Balaban J connectivity index is 1.95. The van der Waals surface area contributed by atoms with E-state index < -0.39 is 5.31 Å². The standard InChI is InChI=1S/C30H29BrNO2P/c1-3-34-30(33)28-21-13-14-22-29(28)32-24(2)23-35(31,25-15-7-4-8-16-25,26-17-9-5-10-18-26)27-19-11-6-12-20-27/h4-23,32H,3H2,1-2H3/b24-23+. The van der Waals surface area contributed by atoms with Gasteiger partial charge in [0.1, 0.15) is 0 Å². The quantitative estimate of drug-likeness (QED) is 0.192. The minimum atomic E-state index is -3.25. The molecule has 0 saturated carbocycles. The molecule has 0 aliphatic carbocycles. The first-order chi connectivity index (χ1) is 17.0. The van der Waals surface area contributed by atoms with Crippen LogP contribution in [0.2, 0.25) is 0 Å². The third-order valence-electron chi connectivity index (χ3n) is 5.97. The van der Waals surface area contributed by atoms with Crippen LogP contribution in [0.4, 0.5) is 5.69 Å². The molecule has 0 heterocycles. The summed E-state index contributed by atoms with van der Waals surface area (Å²) in [6, 6.07) is 39.1. The molecule has 0 aliphatic heterocycles. The van der Waals surface area contributed by atoms with Crippen LogP contribution in [0.5, 0.6) is 0 Å². The molecule has 4 rings (SSSR count). The topological polar surface area (TPSA) is 38.3 Å². The van der Waals surface area contributed by atoms with Crippen molar-refractivity contribution in [2.75, 3.05) is 11.9 Å². The van der Waals surface area contributed by atoms with E-state index in [-0.39, 0.29) is 5.97 Å². The Labute approximate surface area is 215 Å². The zero-order valence-electron chi connectivity index (χ0n) is 19.9. The van der Waals surface area contributed by atoms with Gasteiger partial charge in [0.25, 0.3) is 0 Å². The van der Waals surface area contributed by atoms with Crippen molar-refractivity contribution >= 4 is 48.4 Å². The molecule has 0 fully saturated rings. The van der Waals surface area contributed by atoms with Gasteiger partial charge in [0.2, 0.25) is 0 Å². The van der Waals surface area contributed by atoms with Gasteiger partial charge in [-0.25, -0.2) is 0 Å². The molecule has 0 radical (unpaired) electrons. The number of benzene rings is 4. The Morgan fingerprint density at radius 2 is 1.20 bits per heavy atom. The fourth-order valence-electron chi connectivity index (χ4n) is 4.42. The Hall–Kier alpha value is -3.20. The van der Waals surface area contributed by atoms with Gasteiger partial charge in [-0.15, -0.1) is 0 Å². The van der Waals surface area contributed by atoms with Gasteiger partial charge in [0, 0.05) is 0 Å². The average Bonchev–Trinajstić information content (AvgIpc) is 2.90. The van der Waals surface area contributed by atoms with E-state index in [1.54, 1.807) is 6.07 Å². The molecule has 178 valence electrons. The number of anilines is 1. The van der Waals surface area contributed by atoms with E-state index in [0.717, 1.165) is 5.70 Å². The summed E-state index contributed by atoms with van der Waals surface area (Å²) >= 11 is 4.43. The molecule has 4 aromatic rings. The number of para-hydroxylation sites is 1. The Bertz CT molecular complexity index is 1220. The number of ether oxygens (including phenoxy) is 1. The van der Waals surface area contributed by atoms with E-state index in [2.05, 4.69) is 99.4 Å². The van der Waals surface area contributed by atoms with Crippen LogP contribution in [0.25, 0.3) is 0 Å². The molecule has 0 bridgehead atoms. The molecule has 0 atom stereocenters. The zero-order valence-corrected chi connectivity index (χ0v) is 22.4. The van der Waals surface area contributed by atoms with Gasteiger partial charge < -0.3 is 0 Å².